The molecule has 0 spiro atoms. The van der Waals surface area contributed by atoms with Gasteiger partial charge in [0.1, 0.15) is 11.4 Å². The molecule has 2 heterocycles. The largest absolute Gasteiger partial charge is 0.444 e. The standard InChI is InChI=1S/C18H25N3O2/c1-5-12-8-9-13-14(11-12)20-16(19-13)15-7-6-10-21(15)17(22)23-18(2,3)4/h8-9,11,15H,5-7,10H2,1-4H3,(H,19,20). The summed E-state index contributed by atoms with van der Waals surface area (Å²) in [5, 5.41) is 0. The fourth-order valence-corrected chi connectivity index (χ4v) is 3.04. The van der Waals surface area contributed by atoms with E-state index in [1.165, 1.54) is 5.56 Å². The highest BCUT2D eigenvalue weighted by Crippen LogP contribution is 2.32. The van der Waals surface area contributed by atoms with Crippen LogP contribution in [0.3, 0.4) is 0 Å². The maximum atomic E-state index is 12.4. The smallest absolute Gasteiger partial charge is 0.410 e. The van der Waals surface area contributed by atoms with Gasteiger partial charge in [0, 0.05) is 6.54 Å². The van der Waals surface area contributed by atoms with E-state index in [0.717, 1.165) is 42.7 Å². The van der Waals surface area contributed by atoms with Crippen molar-refractivity contribution in [2.24, 2.45) is 0 Å². The second kappa shape index (κ2) is 5.87. The molecule has 2 aromatic rings. The van der Waals surface area contributed by atoms with Gasteiger partial charge in [-0.3, -0.25) is 4.90 Å². The predicted octanol–water partition coefficient (Wildman–Crippen LogP) is 4.20. The van der Waals surface area contributed by atoms with Gasteiger partial charge in [0.05, 0.1) is 17.1 Å². The summed E-state index contributed by atoms with van der Waals surface area (Å²) in [4.78, 5) is 22.3. The van der Waals surface area contributed by atoms with Gasteiger partial charge in [-0.2, -0.15) is 0 Å². The van der Waals surface area contributed by atoms with Gasteiger partial charge in [0.25, 0.3) is 0 Å². The highest BCUT2D eigenvalue weighted by molar-refractivity contribution is 5.76. The zero-order valence-corrected chi connectivity index (χ0v) is 14.3. The monoisotopic (exact) mass is 315 g/mol. The van der Waals surface area contributed by atoms with Crippen molar-refractivity contribution < 1.29 is 9.53 Å². The van der Waals surface area contributed by atoms with Crippen LogP contribution in [0.4, 0.5) is 4.79 Å². The molecule has 1 fully saturated rings. The second-order valence-electron chi connectivity index (χ2n) is 7.16. The lowest BCUT2D eigenvalue weighted by Crippen LogP contribution is -2.36. The van der Waals surface area contributed by atoms with E-state index < -0.39 is 5.60 Å². The summed E-state index contributed by atoms with van der Waals surface area (Å²) in [6.07, 6.45) is 2.63. The zero-order chi connectivity index (χ0) is 16.6. The van der Waals surface area contributed by atoms with Gasteiger partial charge in [0.2, 0.25) is 0 Å². The van der Waals surface area contributed by atoms with E-state index in [1.807, 2.05) is 26.8 Å². The van der Waals surface area contributed by atoms with Crippen LogP contribution < -0.4 is 0 Å². The van der Waals surface area contributed by atoms with E-state index in [2.05, 4.69) is 24.0 Å². The number of aromatic amines is 1. The number of nitrogens with zero attached hydrogens (tertiary/aromatic N) is 2. The number of imidazole rings is 1. The van der Waals surface area contributed by atoms with Crippen LogP contribution in [0.1, 0.15) is 58.0 Å². The molecule has 3 rings (SSSR count). The fraction of sp³-hybridized carbons (Fsp3) is 0.556. The van der Waals surface area contributed by atoms with Crippen molar-refractivity contribution in [3.8, 4) is 0 Å². The first-order valence-corrected chi connectivity index (χ1v) is 8.35. The van der Waals surface area contributed by atoms with Crippen LogP contribution in [-0.4, -0.2) is 33.1 Å². The normalized spacial score (nSPS) is 18.6. The van der Waals surface area contributed by atoms with E-state index in [-0.39, 0.29) is 12.1 Å². The summed E-state index contributed by atoms with van der Waals surface area (Å²) < 4.78 is 5.53. The summed E-state index contributed by atoms with van der Waals surface area (Å²) in [5.41, 5.74) is 2.79. The van der Waals surface area contributed by atoms with Crippen LogP contribution >= 0.6 is 0 Å². The molecule has 1 aliphatic heterocycles. The SMILES string of the molecule is CCc1ccc2nc(C3CCCN3C(=O)OC(C)(C)C)[nH]c2c1. The number of hydrogen-bond acceptors (Lipinski definition) is 3. The van der Waals surface area contributed by atoms with Crippen LogP contribution in [0.5, 0.6) is 0 Å². The minimum Gasteiger partial charge on any atom is -0.444 e. The van der Waals surface area contributed by atoms with Crippen molar-refractivity contribution >= 4 is 17.1 Å². The molecule has 1 unspecified atom stereocenters. The Bertz CT molecular complexity index is 715. The Morgan fingerprint density at radius 2 is 2.22 bits per heavy atom. The van der Waals surface area contributed by atoms with E-state index >= 15 is 0 Å². The molecule has 1 aromatic heterocycles. The van der Waals surface area contributed by atoms with Gasteiger partial charge < -0.3 is 9.72 Å². The van der Waals surface area contributed by atoms with Crippen LogP contribution in [0.15, 0.2) is 18.2 Å². The highest BCUT2D eigenvalue weighted by Gasteiger charge is 2.34. The average Bonchev–Trinajstić information content (AvgIpc) is 3.10. The Kier molecular flexibility index (Phi) is 4.04. The number of aryl methyl sites for hydroxylation is 1. The van der Waals surface area contributed by atoms with E-state index in [1.54, 1.807) is 4.90 Å². The van der Waals surface area contributed by atoms with E-state index in [9.17, 15) is 4.79 Å². The molecule has 1 aliphatic rings. The molecule has 124 valence electrons. The van der Waals surface area contributed by atoms with Crippen molar-refractivity contribution in [2.75, 3.05) is 6.54 Å². The van der Waals surface area contributed by atoms with Gasteiger partial charge in [0.15, 0.2) is 0 Å². The van der Waals surface area contributed by atoms with Crippen molar-refractivity contribution in [1.82, 2.24) is 14.9 Å². The minimum atomic E-state index is -0.478. The molecule has 1 amide bonds. The fourth-order valence-electron chi connectivity index (χ4n) is 3.04. The molecule has 0 bridgehead atoms. The summed E-state index contributed by atoms with van der Waals surface area (Å²) >= 11 is 0. The van der Waals surface area contributed by atoms with Crippen LogP contribution in [0, 0.1) is 0 Å². The van der Waals surface area contributed by atoms with Crippen LogP contribution in [0.2, 0.25) is 0 Å². The molecule has 1 atom stereocenters. The highest BCUT2D eigenvalue weighted by atomic mass is 16.6. The summed E-state index contributed by atoms with van der Waals surface area (Å²) in [6, 6.07) is 6.26. The molecule has 0 saturated carbocycles. The Hall–Kier alpha value is -2.04. The van der Waals surface area contributed by atoms with Crippen LogP contribution in [0.25, 0.3) is 11.0 Å². The zero-order valence-electron chi connectivity index (χ0n) is 14.3. The number of amides is 1. The van der Waals surface area contributed by atoms with E-state index in [4.69, 9.17) is 9.72 Å². The number of likely N-dealkylation sites (tertiary alicyclic amines) is 1. The molecule has 1 aromatic carbocycles. The van der Waals surface area contributed by atoms with Gasteiger partial charge >= 0.3 is 6.09 Å². The molecule has 5 heteroatoms. The topological polar surface area (TPSA) is 58.2 Å². The summed E-state index contributed by atoms with van der Waals surface area (Å²) in [7, 11) is 0. The number of hydrogen-bond donors (Lipinski definition) is 1. The van der Waals surface area contributed by atoms with Crippen molar-refractivity contribution in [2.45, 2.75) is 58.6 Å². The number of ether oxygens (including phenoxy) is 1. The van der Waals surface area contributed by atoms with Crippen molar-refractivity contribution in [1.29, 1.82) is 0 Å². The molecular formula is C18H25N3O2. The third-order valence-electron chi connectivity index (χ3n) is 4.17. The van der Waals surface area contributed by atoms with Crippen molar-refractivity contribution in [3.63, 3.8) is 0 Å². The Labute approximate surface area is 137 Å². The van der Waals surface area contributed by atoms with Gasteiger partial charge in [-0.25, -0.2) is 9.78 Å². The van der Waals surface area contributed by atoms with Gasteiger partial charge in [-0.05, 0) is 57.7 Å². The van der Waals surface area contributed by atoms with E-state index in [0.29, 0.717) is 0 Å². The first kappa shape index (κ1) is 15.8. The molecule has 0 aliphatic carbocycles. The lowest BCUT2D eigenvalue weighted by Gasteiger charge is -2.27. The van der Waals surface area contributed by atoms with Crippen molar-refractivity contribution in [3.05, 3.63) is 29.6 Å². The lowest BCUT2D eigenvalue weighted by atomic mass is 10.1. The first-order chi connectivity index (χ1) is 10.9. The maximum Gasteiger partial charge on any atom is 0.410 e. The Morgan fingerprint density at radius 1 is 1.43 bits per heavy atom. The summed E-state index contributed by atoms with van der Waals surface area (Å²) in [6.45, 7) is 8.53. The lowest BCUT2D eigenvalue weighted by molar-refractivity contribution is 0.0219. The molecule has 0 radical (unpaired) electrons. The summed E-state index contributed by atoms with van der Waals surface area (Å²) in [5.74, 6) is 0.858. The predicted molar refractivity (Wildman–Crippen MR) is 90.4 cm³/mol. The number of H-pyrrole nitrogens is 1. The van der Waals surface area contributed by atoms with Crippen LogP contribution in [-0.2, 0) is 11.2 Å². The van der Waals surface area contributed by atoms with Gasteiger partial charge in [-0.1, -0.05) is 13.0 Å². The number of benzene rings is 1. The quantitative estimate of drug-likeness (QED) is 0.903. The molecule has 5 nitrogen and oxygen atoms in total. The molecular weight excluding hydrogens is 290 g/mol. The number of nitrogens with one attached hydrogen (secondary N) is 1. The maximum absolute atomic E-state index is 12.4. The third kappa shape index (κ3) is 3.33. The second-order valence-corrected chi connectivity index (χ2v) is 7.16. The Balaban J connectivity index is 1.86. The number of fused-ring (bicyclic) bond motifs is 1. The number of aromatic nitrogens is 2. The number of rotatable bonds is 2. The van der Waals surface area contributed by atoms with Gasteiger partial charge in [-0.15, -0.1) is 0 Å². The minimum absolute atomic E-state index is 0.0256. The third-order valence-corrected chi connectivity index (χ3v) is 4.17. The average molecular weight is 315 g/mol. The number of carbonyl (C=O) groups is 1. The molecule has 23 heavy (non-hydrogen) atoms. The first-order valence-electron chi connectivity index (χ1n) is 8.35. The Morgan fingerprint density at radius 3 is 2.91 bits per heavy atom. The molecule has 1 saturated heterocycles. The number of carbonyl (C=O) groups excluding carboxylic acids is 1. The molecule has 1 N–H and O–H groups in total.